The third kappa shape index (κ3) is 2.68. The minimum Gasteiger partial charge on any atom is -0.481 e. The van der Waals surface area contributed by atoms with Crippen LogP contribution in [0, 0.1) is 0 Å². The largest absolute Gasteiger partial charge is 0.481 e. The fourth-order valence-electron chi connectivity index (χ4n) is 2.14. The van der Waals surface area contributed by atoms with E-state index in [9.17, 15) is 14.7 Å². The zero-order valence-electron chi connectivity index (χ0n) is 9.87. The van der Waals surface area contributed by atoms with E-state index in [-0.39, 0.29) is 12.3 Å². The molecule has 96 valence electrons. The summed E-state index contributed by atoms with van der Waals surface area (Å²) in [5, 5.41) is 18.2. The summed E-state index contributed by atoms with van der Waals surface area (Å²) in [6.45, 7) is 0.835. The summed E-state index contributed by atoms with van der Waals surface area (Å²) in [7, 11) is 0. The number of aliphatic hydroxyl groups is 1. The fourth-order valence-corrected chi connectivity index (χ4v) is 2.14. The first kappa shape index (κ1) is 12.6. The molecule has 1 aromatic carbocycles. The maximum Gasteiger partial charge on any atom is 0.307 e. The fraction of sp³-hybridized carbons (Fsp3) is 0.385. The Hall–Kier alpha value is -1.88. The van der Waals surface area contributed by atoms with Crippen LogP contribution in [0.4, 0.5) is 0 Å². The van der Waals surface area contributed by atoms with Gasteiger partial charge in [-0.2, -0.15) is 0 Å². The lowest BCUT2D eigenvalue weighted by Crippen LogP contribution is -2.30. The Balaban J connectivity index is 2.21. The highest BCUT2D eigenvalue weighted by atomic mass is 16.4. The molecule has 1 amide bonds. The van der Waals surface area contributed by atoms with Crippen molar-refractivity contribution in [3.8, 4) is 0 Å². The molecular formula is C13H15NO4. The first-order chi connectivity index (χ1) is 8.58. The Labute approximate surface area is 105 Å². The third-order valence-corrected chi connectivity index (χ3v) is 3.04. The van der Waals surface area contributed by atoms with Crippen molar-refractivity contribution in [3.05, 3.63) is 35.4 Å². The van der Waals surface area contributed by atoms with E-state index in [2.05, 4.69) is 0 Å². The molecule has 1 aromatic rings. The SMILES string of the molecule is O=C(O)Cc1ccccc1C(=O)N1CCC(O)C1. The van der Waals surface area contributed by atoms with E-state index in [0.717, 1.165) is 0 Å². The lowest BCUT2D eigenvalue weighted by Gasteiger charge is -2.17. The zero-order valence-corrected chi connectivity index (χ0v) is 9.87. The lowest BCUT2D eigenvalue weighted by molar-refractivity contribution is -0.136. The molecule has 0 aliphatic carbocycles. The quantitative estimate of drug-likeness (QED) is 0.818. The Morgan fingerprint density at radius 3 is 2.67 bits per heavy atom. The number of carbonyl (C=O) groups excluding carboxylic acids is 1. The van der Waals surface area contributed by atoms with Crippen LogP contribution in [-0.4, -0.2) is 46.2 Å². The summed E-state index contributed by atoms with van der Waals surface area (Å²) in [5.74, 6) is -1.17. The molecule has 0 aromatic heterocycles. The van der Waals surface area contributed by atoms with Crippen LogP contribution in [0.25, 0.3) is 0 Å². The van der Waals surface area contributed by atoms with Gasteiger partial charge in [-0.3, -0.25) is 9.59 Å². The van der Waals surface area contributed by atoms with Gasteiger partial charge in [0.05, 0.1) is 12.5 Å². The van der Waals surface area contributed by atoms with E-state index in [0.29, 0.717) is 30.6 Å². The Kier molecular flexibility index (Phi) is 3.62. The second-order valence-corrected chi connectivity index (χ2v) is 4.42. The summed E-state index contributed by atoms with van der Waals surface area (Å²) in [6, 6.07) is 6.71. The predicted octanol–water partition coefficient (Wildman–Crippen LogP) is 0.521. The van der Waals surface area contributed by atoms with Gasteiger partial charge in [-0.1, -0.05) is 18.2 Å². The maximum atomic E-state index is 12.2. The lowest BCUT2D eigenvalue weighted by atomic mass is 10.0. The highest BCUT2D eigenvalue weighted by Gasteiger charge is 2.26. The van der Waals surface area contributed by atoms with Crippen molar-refractivity contribution in [2.45, 2.75) is 18.9 Å². The standard InChI is InChI=1S/C13H15NO4/c15-10-5-6-14(8-10)13(18)11-4-2-1-3-9(11)7-12(16)17/h1-4,10,15H,5-8H2,(H,16,17). The molecule has 18 heavy (non-hydrogen) atoms. The summed E-state index contributed by atoms with van der Waals surface area (Å²) < 4.78 is 0. The molecule has 0 saturated carbocycles. The predicted molar refractivity (Wildman–Crippen MR) is 64.3 cm³/mol. The zero-order chi connectivity index (χ0) is 13.1. The van der Waals surface area contributed by atoms with Crippen molar-refractivity contribution in [3.63, 3.8) is 0 Å². The van der Waals surface area contributed by atoms with Crippen LogP contribution in [-0.2, 0) is 11.2 Å². The van der Waals surface area contributed by atoms with Crippen molar-refractivity contribution in [2.24, 2.45) is 0 Å². The van der Waals surface area contributed by atoms with E-state index in [1.54, 1.807) is 29.2 Å². The van der Waals surface area contributed by atoms with Crippen LogP contribution in [0.5, 0.6) is 0 Å². The first-order valence-electron chi connectivity index (χ1n) is 5.85. The van der Waals surface area contributed by atoms with Gasteiger partial charge in [-0.15, -0.1) is 0 Å². The monoisotopic (exact) mass is 249 g/mol. The smallest absolute Gasteiger partial charge is 0.307 e. The Morgan fingerprint density at radius 2 is 2.06 bits per heavy atom. The molecule has 1 fully saturated rings. The Bertz CT molecular complexity index is 472. The second-order valence-electron chi connectivity index (χ2n) is 4.42. The van der Waals surface area contributed by atoms with Gasteiger partial charge >= 0.3 is 5.97 Å². The molecular weight excluding hydrogens is 234 g/mol. The minimum atomic E-state index is -0.961. The van der Waals surface area contributed by atoms with Crippen molar-refractivity contribution in [2.75, 3.05) is 13.1 Å². The molecule has 5 nitrogen and oxygen atoms in total. The highest BCUT2D eigenvalue weighted by molar-refractivity contribution is 5.96. The number of hydrogen-bond donors (Lipinski definition) is 2. The number of β-amino-alcohol motifs (C(OH)–C–C–N with tert-alkyl or cyclic N) is 1. The van der Waals surface area contributed by atoms with Crippen LogP contribution < -0.4 is 0 Å². The maximum absolute atomic E-state index is 12.2. The van der Waals surface area contributed by atoms with Crippen molar-refractivity contribution >= 4 is 11.9 Å². The van der Waals surface area contributed by atoms with Crippen LogP contribution in [0.15, 0.2) is 24.3 Å². The van der Waals surface area contributed by atoms with Gasteiger partial charge in [-0.05, 0) is 18.1 Å². The molecule has 1 saturated heterocycles. The molecule has 2 rings (SSSR count). The topological polar surface area (TPSA) is 77.8 Å². The number of amides is 1. The van der Waals surface area contributed by atoms with Crippen molar-refractivity contribution in [1.82, 2.24) is 4.90 Å². The molecule has 1 heterocycles. The van der Waals surface area contributed by atoms with E-state index >= 15 is 0 Å². The number of aliphatic hydroxyl groups excluding tert-OH is 1. The number of hydrogen-bond acceptors (Lipinski definition) is 3. The van der Waals surface area contributed by atoms with Crippen LogP contribution in [0.3, 0.4) is 0 Å². The number of aliphatic carboxylic acids is 1. The molecule has 1 atom stereocenters. The number of carbonyl (C=O) groups is 2. The number of likely N-dealkylation sites (tertiary alicyclic amines) is 1. The molecule has 1 unspecified atom stereocenters. The average Bonchev–Trinajstić information content (AvgIpc) is 2.75. The molecule has 0 spiro atoms. The molecule has 0 radical (unpaired) electrons. The third-order valence-electron chi connectivity index (χ3n) is 3.04. The Morgan fingerprint density at radius 1 is 1.33 bits per heavy atom. The van der Waals surface area contributed by atoms with Gasteiger partial charge < -0.3 is 15.1 Å². The number of nitrogens with zero attached hydrogens (tertiary/aromatic N) is 1. The van der Waals surface area contributed by atoms with E-state index < -0.39 is 12.1 Å². The average molecular weight is 249 g/mol. The second kappa shape index (κ2) is 5.18. The van der Waals surface area contributed by atoms with Gasteiger partial charge in [0.25, 0.3) is 5.91 Å². The molecule has 0 bridgehead atoms. The molecule has 2 N–H and O–H groups in total. The molecule has 1 aliphatic rings. The highest BCUT2D eigenvalue weighted by Crippen LogP contribution is 2.17. The summed E-state index contributed by atoms with van der Waals surface area (Å²) in [6.07, 6.45) is -0.0638. The number of benzene rings is 1. The van der Waals surface area contributed by atoms with Gasteiger partial charge in [0.15, 0.2) is 0 Å². The van der Waals surface area contributed by atoms with Crippen molar-refractivity contribution < 1.29 is 19.8 Å². The summed E-state index contributed by atoms with van der Waals surface area (Å²) in [4.78, 5) is 24.5. The van der Waals surface area contributed by atoms with E-state index in [1.165, 1.54) is 0 Å². The normalized spacial score (nSPS) is 18.9. The van der Waals surface area contributed by atoms with Gasteiger partial charge in [0.2, 0.25) is 0 Å². The van der Waals surface area contributed by atoms with Crippen LogP contribution >= 0.6 is 0 Å². The first-order valence-corrected chi connectivity index (χ1v) is 5.85. The summed E-state index contributed by atoms with van der Waals surface area (Å²) in [5.41, 5.74) is 0.922. The van der Waals surface area contributed by atoms with Gasteiger partial charge in [-0.25, -0.2) is 0 Å². The minimum absolute atomic E-state index is 0.168. The van der Waals surface area contributed by atoms with Crippen molar-refractivity contribution in [1.29, 1.82) is 0 Å². The molecule has 5 heteroatoms. The summed E-state index contributed by atoms with van der Waals surface area (Å²) >= 11 is 0. The number of carboxylic acids is 1. The molecule has 1 aliphatic heterocycles. The van der Waals surface area contributed by atoms with Gasteiger partial charge in [0, 0.05) is 18.7 Å². The van der Waals surface area contributed by atoms with E-state index in [4.69, 9.17) is 5.11 Å². The van der Waals surface area contributed by atoms with Crippen LogP contribution in [0.2, 0.25) is 0 Å². The number of rotatable bonds is 3. The number of carboxylic acid groups (broad SMARTS) is 1. The van der Waals surface area contributed by atoms with Gasteiger partial charge in [0.1, 0.15) is 0 Å². The van der Waals surface area contributed by atoms with Crippen LogP contribution in [0.1, 0.15) is 22.3 Å². The van der Waals surface area contributed by atoms with E-state index in [1.807, 2.05) is 0 Å².